The minimum atomic E-state index is -2.94. The van der Waals surface area contributed by atoms with Crippen LogP contribution in [0.25, 0.3) is 0 Å². The fourth-order valence-electron chi connectivity index (χ4n) is 3.07. The van der Waals surface area contributed by atoms with E-state index in [9.17, 15) is 8.42 Å². The highest BCUT2D eigenvalue weighted by molar-refractivity contribution is 7.94. The molecule has 0 radical (unpaired) electrons. The Morgan fingerprint density at radius 3 is 2.76 bits per heavy atom. The highest BCUT2D eigenvalue weighted by atomic mass is 32.2. The molecule has 1 saturated carbocycles. The van der Waals surface area contributed by atoms with E-state index in [0.29, 0.717) is 6.04 Å². The lowest BCUT2D eigenvalue weighted by Gasteiger charge is -2.47. The fraction of sp³-hybridized carbons (Fsp3) is 0.833. The van der Waals surface area contributed by atoms with Gasteiger partial charge in [0.15, 0.2) is 9.84 Å². The maximum absolute atomic E-state index is 11.3. The highest BCUT2D eigenvalue weighted by Gasteiger charge is 2.43. The van der Waals surface area contributed by atoms with Crippen molar-refractivity contribution in [2.45, 2.75) is 49.8 Å². The number of nitrogens with one attached hydrogen (secondary N) is 1. The Kier molecular flexibility index (Phi) is 2.80. The smallest absolute Gasteiger partial charge is 0.173 e. The van der Waals surface area contributed by atoms with Crippen molar-refractivity contribution in [3.8, 4) is 0 Å². The molecule has 1 saturated heterocycles. The number of hydrogen-bond acceptors (Lipinski definition) is 4. The summed E-state index contributed by atoms with van der Waals surface area (Å²) in [5.74, 6) is 0.220. The molecule has 2 fully saturated rings. The molecule has 17 heavy (non-hydrogen) atoms. The van der Waals surface area contributed by atoms with Crippen molar-refractivity contribution < 1.29 is 13.2 Å². The second-order valence-electron chi connectivity index (χ2n) is 5.51. The van der Waals surface area contributed by atoms with Gasteiger partial charge in [0.05, 0.1) is 11.4 Å². The molecule has 0 amide bonds. The lowest BCUT2D eigenvalue weighted by molar-refractivity contribution is -0.135. The van der Waals surface area contributed by atoms with Gasteiger partial charge in [-0.1, -0.05) is 6.08 Å². The van der Waals surface area contributed by atoms with Crippen LogP contribution in [0, 0.1) is 0 Å². The van der Waals surface area contributed by atoms with Gasteiger partial charge >= 0.3 is 0 Å². The summed E-state index contributed by atoms with van der Waals surface area (Å²) in [6.07, 6.45) is 7.42. The lowest BCUT2D eigenvalue weighted by Crippen LogP contribution is -2.52. The molecular formula is C12H19NO3S. The molecule has 2 aliphatic heterocycles. The van der Waals surface area contributed by atoms with Gasteiger partial charge in [-0.2, -0.15) is 0 Å². The first-order chi connectivity index (χ1) is 8.07. The Bertz CT molecular complexity index is 425. The van der Waals surface area contributed by atoms with Crippen LogP contribution in [-0.2, 0) is 14.6 Å². The molecule has 5 heteroatoms. The van der Waals surface area contributed by atoms with E-state index in [1.807, 2.05) is 0 Å². The van der Waals surface area contributed by atoms with Crippen LogP contribution in [-0.4, -0.2) is 38.5 Å². The molecule has 1 N–H and O–H groups in total. The van der Waals surface area contributed by atoms with Crippen molar-refractivity contribution >= 4 is 9.84 Å². The number of rotatable bonds is 2. The molecule has 2 unspecified atom stereocenters. The van der Waals surface area contributed by atoms with Gasteiger partial charge in [-0.15, -0.1) is 0 Å². The molecule has 2 heterocycles. The molecule has 96 valence electrons. The largest absolute Gasteiger partial charge is 0.375 e. The van der Waals surface area contributed by atoms with Crippen LogP contribution in [0.1, 0.15) is 32.1 Å². The molecule has 1 spiro atoms. The summed E-state index contributed by atoms with van der Waals surface area (Å²) in [4.78, 5) is 0. The van der Waals surface area contributed by atoms with E-state index in [2.05, 4.69) is 5.32 Å². The summed E-state index contributed by atoms with van der Waals surface area (Å²) in [5.41, 5.74) is 0.122. The average Bonchev–Trinajstić information content (AvgIpc) is 2.56. The summed E-state index contributed by atoms with van der Waals surface area (Å²) in [6, 6.07) is 0.409. The van der Waals surface area contributed by atoms with Crippen molar-refractivity contribution in [1.29, 1.82) is 0 Å². The zero-order chi connectivity index (χ0) is 11.9. The number of sulfone groups is 1. The van der Waals surface area contributed by atoms with Crippen LogP contribution in [0.2, 0.25) is 0 Å². The summed E-state index contributed by atoms with van der Waals surface area (Å²) < 4.78 is 28.5. The van der Waals surface area contributed by atoms with Crippen LogP contribution in [0.4, 0.5) is 0 Å². The Morgan fingerprint density at radius 2 is 2.18 bits per heavy atom. The van der Waals surface area contributed by atoms with Crippen molar-refractivity contribution in [2.75, 3.05) is 12.4 Å². The van der Waals surface area contributed by atoms with Gasteiger partial charge in [-0.05, 0) is 32.1 Å². The monoisotopic (exact) mass is 257 g/mol. The average molecular weight is 257 g/mol. The third kappa shape index (κ3) is 2.41. The van der Waals surface area contributed by atoms with Gasteiger partial charge in [-0.3, -0.25) is 0 Å². The standard InChI is InChI=1S/C12H19NO3S/c14-17(15)7-3-11(9-17)13-10-2-6-16-12(8-10)4-1-5-12/h3,7,10-11,13H,1-2,4-6,8-9H2. The zero-order valence-electron chi connectivity index (χ0n) is 9.89. The van der Waals surface area contributed by atoms with Crippen LogP contribution in [0.5, 0.6) is 0 Å². The molecular weight excluding hydrogens is 238 g/mol. The van der Waals surface area contributed by atoms with Gasteiger partial charge in [0, 0.05) is 24.1 Å². The third-order valence-electron chi connectivity index (χ3n) is 4.14. The quantitative estimate of drug-likeness (QED) is 0.801. The normalized spacial score (nSPS) is 38.1. The number of ether oxygens (including phenoxy) is 1. The summed E-state index contributed by atoms with van der Waals surface area (Å²) in [6.45, 7) is 0.806. The van der Waals surface area contributed by atoms with Crippen molar-refractivity contribution in [2.24, 2.45) is 0 Å². The van der Waals surface area contributed by atoms with Crippen LogP contribution in [0.3, 0.4) is 0 Å². The molecule has 0 bridgehead atoms. The maximum atomic E-state index is 11.3. The van der Waals surface area contributed by atoms with Gasteiger partial charge in [0.25, 0.3) is 0 Å². The summed E-state index contributed by atoms with van der Waals surface area (Å²) in [7, 11) is -2.94. The first-order valence-corrected chi connectivity index (χ1v) is 8.10. The van der Waals surface area contributed by atoms with E-state index in [0.717, 1.165) is 19.4 Å². The van der Waals surface area contributed by atoms with Crippen LogP contribution in [0.15, 0.2) is 11.5 Å². The first-order valence-electron chi connectivity index (χ1n) is 6.38. The van der Waals surface area contributed by atoms with Gasteiger partial charge < -0.3 is 10.1 Å². The zero-order valence-corrected chi connectivity index (χ0v) is 10.7. The topological polar surface area (TPSA) is 55.4 Å². The fourth-order valence-corrected chi connectivity index (χ4v) is 4.32. The van der Waals surface area contributed by atoms with Crippen molar-refractivity contribution in [1.82, 2.24) is 5.32 Å². The van der Waals surface area contributed by atoms with E-state index in [-0.39, 0.29) is 17.4 Å². The second-order valence-corrected chi connectivity index (χ2v) is 7.44. The predicted octanol–water partition coefficient (Wildman–Crippen LogP) is 0.988. The summed E-state index contributed by atoms with van der Waals surface area (Å²) >= 11 is 0. The Morgan fingerprint density at radius 1 is 1.35 bits per heavy atom. The third-order valence-corrected chi connectivity index (χ3v) is 5.53. The van der Waals surface area contributed by atoms with E-state index < -0.39 is 9.84 Å². The molecule has 0 aromatic rings. The minimum Gasteiger partial charge on any atom is -0.375 e. The molecule has 2 atom stereocenters. The van der Waals surface area contributed by atoms with Crippen LogP contribution >= 0.6 is 0 Å². The van der Waals surface area contributed by atoms with E-state index in [1.54, 1.807) is 6.08 Å². The molecule has 3 rings (SSSR count). The second kappa shape index (κ2) is 4.07. The minimum absolute atomic E-state index is 0.000210. The number of hydrogen-bond donors (Lipinski definition) is 1. The first kappa shape index (κ1) is 11.7. The predicted molar refractivity (Wildman–Crippen MR) is 65.4 cm³/mol. The Hall–Kier alpha value is -0.390. The van der Waals surface area contributed by atoms with Crippen molar-refractivity contribution in [3.63, 3.8) is 0 Å². The summed E-state index contributed by atoms with van der Waals surface area (Å²) in [5, 5.41) is 4.79. The van der Waals surface area contributed by atoms with Gasteiger partial charge in [0.2, 0.25) is 0 Å². The maximum Gasteiger partial charge on any atom is 0.173 e. The molecule has 3 aliphatic rings. The van der Waals surface area contributed by atoms with E-state index in [4.69, 9.17) is 4.74 Å². The van der Waals surface area contributed by atoms with E-state index >= 15 is 0 Å². The van der Waals surface area contributed by atoms with Crippen LogP contribution < -0.4 is 5.32 Å². The molecule has 0 aromatic carbocycles. The van der Waals surface area contributed by atoms with Gasteiger partial charge in [0.1, 0.15) is 0 Å². The van der Waals surface area contributed by atoms with Gasteiger partial charge in [-0.25, -0.2) is 8.42 Å². The molecule has 0 aromatic heterocycles. The van der Waals surface area contributed by atoms with E-state index in [1.165, 1.54) is 24.7 Å². The SMILES string of the molecule is O=S1(=O)C=CC(NC2CCOC3(CCC3)C2)C1. The lowest BCUT2D eigenvalue weighted by atomic mass is 9.74. The Labute approximate surface area is 102 Å². The Balaban J connectivity index is 1.57. The highest BCUT2D eigenvalue weighted by Crippen LogP contribution is 2.42. The van der Waals surface area contributed by atoms with Crippen molar-refractivity contribution in [3.05, 3.63) is 11.5 Å². The molecule has 4 nitrogen and oxygen atoms in total. The molecule has 1 aliphatic carbocycles.